The predicted molar refractivity (Wildman–Crippen MR) is 75.8 cm³/mol. The SMILES string of the molecule is C=CCC(NCC)c1cc(Cl)c(OC)c(OC)c1. The molecule has 0 heterocycles. The zero-order valence-corrected chi connectivity index (χ0v) is 11.9. The number of ether oxygens (including phenoxy) is 2. The Labute approximate surface area is 114 Å². The Morgan fingerprint density at radius 3 is 2.61 bits per heavy atom. The Kier molecular flexibility index (Phi) is 6.02. The summed E-state index contributed by atoms with van der Waals surface area (Å²) >= 11 is 6.20. The van der Waals surface area contributed by atoms with Crippen LogP contribution in [0.4, 0.5) is 0 Å². The van der Waals surface area contributed by atoms with E-state index in [1.54, 1.807) is 14.2 Å². The van der Waals surface area contributed by atoms with Crippen molar-refractivity contribution in [2.45, 2.75) is 19.4 Å². The third-order valence-corrected chi connectivity index (χ3v) is 2.99. The van der Waals surface area contributed by atoms with Crippen LogP contribution in [0, 0.1) is 0 Å². The Balaban J connectivity index is 3.14. The van der Waals surface area contributed by atoms with Gasteiger partial charge in [0.25, 0.3) is 0 Å². The fraction of sp³-hybridized carbons (Fsp3) is 0.429. The normalized spacial score (nSPS) is 12.0. The molecule has 3 nitrogen and oxygen atoms in total. The number of methoxy groups -OCH3 is 2. The molecule has 0 saturated carbocycles. The third kappa shape index (κ3) is 3.40. The van der Waals surface area contributed by atoms with E-state index in [0.717, 1.165) is 18.5 Å². The van der Waals surface area contributed by atoms with E-state index >= 15 is 0 Å². The van der Waals surface area contributed by atoms with E-state index in [4.69, 9.17) is 21.1 Å². The van der Waals surface area contributed by atoms with Crippen LogP contribution in [-0.2, 0) is 0 Å². The Morgan fingerprint density at radius 2 is 2.11 bits per heavy atom. The molecule has 1 aromatic rings. The Hall–Kier alpha value is -1.19. The average molecular weight is 270 g/mol. The molecule has 1 N–H and O–H groups in total. The molecule has 0 aromatic heterocycles. The van der Waals surface area contributed by atoms with E-state index in [0.29, 0.717) is 16.5 Å². The van der Waals surface area contributed by atoms with Crippen molar-refractivity contribution < 1.29 is 9.47 Å². The summed E-state index contributed by atoms with van der Waals surface area (Å²) in [4.78, 5) is 0. The molecule has 4 heteroatoms. The Morgan fingerprint density at radius 1 is 1.39 bits per heavy atom. The van der Waals surface area contributed by atoms with Crippen molar-refractivity contribution in [3.05, 3.63) is 35.4 Å². The lowest BCUT2D eigenvalue weighted by Crippen LogP contribution is -2.20. The van der Waals surface area contributed by atoms with Gasteiger partial charge in [0.1, 0.15) is 0 Å². The van der Waals surface area contributed by atoms with Gasteiger partial charge in [0.05, 0.1) is 19.2 Å². The molecule has 1 rings (SSSR count). The molecule has 1 atom stereocenters. The maximum atomic E-state index is 6.20. The monoisotopic (exact) mass is 269 g/mol. The summed E-state index contributed by atoms with van der Waals surface area (Å²) in [6.07, 6.45) is 2.72. The van der Waals surface area contributed by atoms with Gasteiger partial charge in [-0.25, -0.2) is 0 Å². The molecule has 100 valence electrons. The topological polar surface area (TPSA) is 30.5 Å². The second-order valence-corrected chi connectivity index (χ2v) is 4.28. The molecule has 0 amide bonds. The molecule has 0 saturated heterocycles. The lowest BCUT2D eigenvalue weighted by Gasteiger charge is -2.19. The highest BCUT2D eigenvalue weighted by Gasteiger charge is 2.15. The van der Waals surface area contributed by atoms with E-state index < -0.39 is 0 Å². The van der Waals surface area contributed by atoms with Crippen LogP contribution in [0.2, 0.25) is 5.02 Å². The summed E-state index contributed by atoms with van der Waals surface area (Å²) in [5.74, 6) is 1.21. The highest BCUT2D eigenvalue weighted by atomic mass is 35.5. The number of nitrogens with one attached hydrogen (secondary N) is 1. The third-order valence-electron chi connectivity index (χ3n) is 2.71. The quantitative estimate of drug-likeness (QED) is 0.768. The minimum Gasteiger partial charge on any atom is -0.493 e. The van der Waals surface area contributed by atoms with E-state index in [2.05, 4.69) is 18.8 Å². The van der Waals surface area contributed by atoms with Crippen LogP contribution in [-0.4, -0.2) is 20.8 Å². The molecule has 0 radical (unpaired) electrons. The number of rotatable bonds is 7. The van der Waals surface area contributed by atoms with Crippen molar-refractivity contribution in [1.29, 1.82) is 0 Å². The minimum absolute atomic E-state index is 0.185. The summed E-state index contributed by atoms with van der Waals surface area (Å²) < 4.78 is 10.5. The lowest BCUT2D eigenvalue weighted by atomic mass is 10.0. The first-order valence-electron chi connectivity index (χ1n) is 5.93. The average Bonchev–Trinajstić information content (AvgIpc) is 2.37. The number of hydrogen-bond donors (Lipinski definition) is 1. The molecule has 1 aromatic carbocycles. The van der Waals surface area contributed by atoms with Crippen LogP contribution in [0.25, 0.3) is 0 Å². The van der Waals surface area contributed by atoms with Gasteiger partial charge in [0, 0.05) is 6.04 Å². The van der Waals surface area contributed by atoms with Crippen molar-refractivity contribution in [1.82, 2.24) is 5.32 Å². The zero-order valence-electron chi connectivity index (χ0n) is 11.1. The van der Waals surface area contributed by atoms with Crippen LogP contribution in [0.15, 0.2) is 24.8 Å². The van der Waals surface area contributed by atoms with Crippen molar-refractivity contribution in [2.24, 2.45) is 0 Å². The summed E-state index contributed by atoms with van der Waals surface area (Å²) in [5.41, 5.74) is 1.07. The first-order valence-corrected chi connectivity index (χ1v) is 6.31. The van der Waals surface area contributed by atoms with Gasteiger partial charge >= 0.3 is 0 Å². The number of halogens is 1. The highest BCUT2D eigenvalue weighted by Crippen LogP contribution is 2.38. The fourth-order valence-corrected chi connectivity index (χ4v) is 2.19. The number of benzene rings is 1. The molecular weight excluding hydrogens is 250 g/mol. The van der Waals surface area contributed by atoms with Crippen molar-refractivity contribution >= 4 is 11.6 Å². The predicted octanol–water partition coefficient (Wildman–Crippen LogP) is 3.58. The molecule has 1 unspecified atom stereocenters. The van der Waals surface area contributed by atoms with Crippen LogP contribution in [0.5, 0.6) is 11.5 Å². The largest absolute Gasteiger partial charge is 0.493 e. The van der Waals surface area contributed by atoms with Gasteiger partial charge in [-0.3, -0.25) is 0 Å². The smallest absolute Gasteiger partial charge is 0.179 e. The van der Waals surface area contributed by atoms with Gasteiger partial charge in [0.2, 0.25) is 0 Å². The molecule has 0 fully saturated rings. The maximum Gasteiger partial charge on any atom is 0.179 e. The summed E-state index contributed by atoms with van der Waals surface area (Å²) in [6, 6.07) is 4.03. The van der Waals surface area contributed by atoms with Gasteiger partial charge in [-0.15, -0.1) is 6.58 Å². The lowest BCUT2D eigenvalue weighted by molar-refractivity contribution is 0.354. The molecule has 0 aliphatic carbocycles. The van der Waals surface area contributed by atoms with Crippen LogP contribution >= 0.6 is 11.6 Å². The standard InChI is InChI=1S/C14H20ClNO2/c1-5-7-12(16-6-2)10-8-11(15)14(18-4)13(9-10)17-3/h5,8-9,12,16H,1,6-7H2,2-4H3. The van der Waals surface area contributed by atoms with Gasteiger partial charge in [-0.05, 0) is 30.7 Å². The zero-order chi connectivity index (χ0) is 13.5. The second-order valence-electron chi connectivity index (χ2n) is 3.87. The van der Waals surface area contributed by atoms with Crippen LogP contribution in [0.1, 0.15) is 24.9 Å². The summed E-state index contributed by atoms with van der Waals surface area (Å²) in [6.45, 7) is 6.73. The first-order chi connectivity index (χ1) is 8.67. The molecule has 0 aliphatic rings. The molecule has 0 bridgehead atoms. The molecule has 18 heavy (non-hydrogen) atoms. The van der Waals surface area contributed by atoms with E-state index in [-0.39, 0.29) is 6.04 Å². The molecular formula is C14H20ClNO2. The van der Waals surface area contributed by atoms with Crippen LogP contribution in [0.3, 0.4) is 0 Å². The van der Waals surface area contributed by atoms with E-state index in [1.807, 2.05) is 18.2 Å². The second kappa shape index (κ2) is 7.29. The minimum atomic E-state index is 0.185. The van der Waals surface area contributed by atoms with Crippen molar-refractivity contribution in [3.8, 4) is 11.5 Å². The van der Waals surface area contributed by atoms with Crippen molar-refractivity contribution in [3.63, 3.8) is 0 Å². The molecule has 0 aliphatic heterocycles. The maximum absolute atomic E-state index is 6.20. The van der Waals surface area contributed by atoms with E-state index in [9.17, 15) is 0 Å². The number of hydrogen-bond acceptors (Lipinski definition) is 3. The summed E-state index contributed by atoms with van der Waals surface area (Å²) in [5, 5.41) is 3.94. The van der Waals surface area contributed by atoms with Crippen molar-refractivity contribution in [2.75, 3.05) is 20.8 Å². The Bertz CT molecular complexity index is 407. The fourth-order valence-electron chi connectivity index (χ4n) is 1.89. The highest BCUT2D eigenvalue weighted by molar-refractivity contribution is 6.32. The van der Waals surface area contributed by atoms with Gasteiger partial charge in [-0.1, -0.05) is 24.6 Å². The van der Waals surface area contributed by atoms with Crippen LogP contribution < -0.4 is 14.8 Å². The molecule has 0 spiro atoms. The van der Waals surface area contributed by atoms with Gasteiger partial charge in [-0.2, -0.15) is 0 Å². The summed E-state index contributed by atoms with van der Waals surface area (Å²) in [7, 11) is 3.18. The van der Waals surface area contributed by atoms with E-state index in [1.165, 1.54) is 0 Å². The van der Waals surface area contributed by atoms with Gasteiger partial charge < -0.3 is 14.8 Å². The first kappa shape index (κ1) is 14.9. The van der Waals surface area contributed by atoms with Gasteiger partial charge in [0.15, 0.2) is 11.5 Å².